The number of hydrazone groups is 1. The van der Waals surface area contributed by atoms with E-state index >= 15 is 0 Å². The molecule has 11 nitrogen and oxygen atoms in total. The van der Waals surface area contributed by atoms with Crippen LogP contribution < -0.4 is 30.3 Å². The van der Waals surface area contributed by atoms with Crippen LogP contribution in [-0.2, 0) is 16.1 Å². The lowest BCUT2D eigenvalue weighted by Crippen LogP contribution is -2.45. The molecule has 2 amide bonds. The van der Waals surface area contributed by atoms with Crippen LogP contribution in [0.4, 0.5) is 4.79 Å². The summed E-state index contributed by atoms with van der Waals surface area (Å²) in [4.78, 5) is 24.6. The van der Waals surface area contributed by atoms with Crippen molar-refractivity contribution in [2.75, 3.05) is 20.3 Å². The summed E-state index contributed by atoms with van der Waals surface area (Å²) in [5.41, 5.74) is 5.48. The van der Waals surface area contributed by atoms with Crippen molar-refractivity contribution in [1.29, 1.82) is 0 Å². The first-order chi connectivity index (χ1) is 21.2. The SMILES string of the molecule is CCOc1cc([C@@H]2NC(=O)NC(C)=C2C(=O)OC)ccc1OC[C@@H](O)N/N=C/c1cc(Br)ccc1OCc1cccc(Cl)c1. The van der Waals surface area contributed by atoms with Gasteiger partial charge in [0.05, 0.1) is 31.5 Å². The number of carbonyl (C=O) groups excluding carboxylic acids is 2. The number of esters is 1. The van der Waals surface area contributed by atoms with Gasteiger partial charge in [-0.15, -0.1) is 0 Å². The van der Waals surface area contributed by atoms with Crippen LogP contribution >= 0.6 is 27.5 Å². The molecule has 13 heteroatoms. The van der Waals surface area contributed by atoms with Gasteiger partial charge in [-0.05, 0) is 67.4 Å². The van der Waals surface area contributed by atoms with Gasteiger partial charge in [0.15, 0.2) is 17.7 Å². The normalized spacial score (nSPS) is 15.3. The van der Waals surface area contributed by atoms with Crippen molar-refractivity contribution in [3.8, 4) is 17.2 Å². The van der Waals surface area contributed by atoms with E-state index in [4.69, 9.17) is 30.5 Å². The minimum atomic E-state index is -1.16. The number of halogens is 2. The van der Waals surface area contributed by atoms with E-state index in [0.29, 0.717) is 52.3 Å². The predicted molar refractivity (Wildman–Crippen MR) is 169 cm³/mol. The molecule has 0 bridgehead atoms. The maximum absolute atomic E-state index is 12.5. The van der Waals surface area contributed by atoms with E-state index in [0.717, 1.165) is 10.0 Å². The molecule has 232 valence electrons. The summed E-state index contributed by atoms with van der Waals surface area (Å²) in [6, 6.07) is 16.7. The first kappa shape index (κ1) is 32.6. The lowest BCUT2D eigenvalue weighted by atomic mass is 9.95. The number of amides is 2. The molecule has 1 aliphatic rings. The van der Waals surface area contributed by atoms with E-state index in [9.17, 15) is 14.7 Å². The van der Waals surface area contributed by atoms with E-state index in [1.165, 1.54) is 13.3 Å². The molecule has 3 aromatic rings. The number of nitrogens with one attached hydrogen (secondary N) is 3. The van der Waals surface area contributed by atoms with Crippen molar-refractivity contribution in [3.05, 3.63) is 98.1 Å². The molecule has 0 aliphatic carbocycles. The molecule has 0 radical (unpaired) electrons. The number of carbonyl (C=O) groups is 2. The second-order valence-electron chi connectivity index (χ2n) is 9.52. The lowest BCUT2D eigenvalue weighted by molar-refractivity contribution is -0.136. The van der Waals surface area contributed by atoms with Gasteiger partial charge in [-0.1, -0.05) is 45.7 Å². The Morgan fingerprint density at radius 1 is 1.11 bits per heavy atom. The highest BCUT2D eigenvalue weighted by Gasteiger charge is 2.32. The fourth-order valence-corrected chi connectivity index (χ4v) is 4.95. The smallest absolute Gasteiger partial charge is 0.337 e. The van der Waals surface area contributed by atoms with E-state index < -0.39 is 24.3 Å². The molecule has 1 heterocycles. The molecule has 0 aromatic heterocycles. The highest BCUT2D eigenvalue weighted by Crippen LogP contribution is 2.35. The maximum atomic E-state index is 12.5. The fraction of sp³-hybridized carbons (Fsp3) is 0.258. The maximum Gasteiger partial charge on any atom is 0.337 e. The molecule has 44 heavy (non-hydrogen) atoms. The summed E-state index contributed by atoms with van der Waals surface area (Å²) in [5, 5.41) is 20.6. The second kappa shape index (κ2) is 15.5. The number of allylic oxidation sites excluding steroid dienone is 1. The van der Waals surface area contributed by atoms with Crippen LogP contribution in [0.3, 0.4) is 0 Å². The molecule has 0 saturated carbocycles. The predicted octanol–water partition coefficient (Wildman–Crippen LogP) is 5.20. The zero-order chi connectivity index (χ0) is 31.6. The zero-order valence-corrected chi connectivity index (χ0v) is 26.6. The number of aliphatic hydroxyl groups is 1. The molecule has 0 fully saturated rings. The topological polar surface area (TPSA) is 140 Å². The van der Waals surface area contributed by atoms with E-state index in [2.05, 4.69) is 37.1 Å². The third-order valence-corrected chi connectivity index (χ3v) is 7.08. The lowest BCUT2D eigenvalue weighted by Gasteiger charge is -2.28. The van der Waals surface area contributed by atoms with Gasteiger partial charge in [-0.25, -0.2) is 9.59 Å². The number of nitrogens with zero attached hydrogens (tertiary/aromatic N) is 1. The number of urea groups is 1. The number of hydrogen-bond donors (Lipinski definition) is 4. The Balaban J connectivity index is 1.40. The molecule has 2 atom stereocenters. The molecule has 3 aromatic carbocycles. The van der Waals surface area contributed by atoms with Gasteiger partial charge in [-0.3, -0.25) is 5.43 Å². The number of aliphatic hydroxyl groups excluding tert-OH is 1. The summed E-state index contributed by atoms with van der Waals surface area (Å²) in [6.45, 7) is 3.92. The van der Waals surface area contributed by atoms with Gasteiger partial charge in [0, 0.05) is 20.8 Å². The van der Waals surface area contributed by atoms with E-state index in [1.807, 2.05) is 43.3 Å². The second-order valence-corrected chi connectivity index (χ2v) is 10.9. The Morgan fingerprint density at radius 3 is 2.66 bits per heavy atom. The number of rotatable bonds is 13. The van der Waals surface area contributed by atoms with Crippen LogP contribution in [-0.4, -0.2) is 49.9 Å². The summed E-state index contributed by atoms with van der Waals surface area (Å²) in [7, 11) is 1.27. The molecular weight excluding hydrogens is 656 g/mol. The molecule has 1 aliphatic heterocycles. The summed E-state index contributed by atoms with van der Waals surface area (Å²) in [6.07, 6.45) is 0.368. The van der Waals surface area contributed by atoms with Gasteiger partial charge < -0.3 is 34.7 Å². The van der Waals surface area contributed by atoms with E-state index in [1.54, 1.807) is 31.2 Å². The average molecular weight is 688 g/mol. The molecule has 0 spiro atoms. The van der Waals surface area contributed by atoms with Crippen molar-refractivity contribution in [2.24, 2.45) is 5.10 Å². The standard InChI is InChI=1S/C31H32BrClN4O7/c1-4-42-26-14-20(29-28(30(39)41-3)18(2)35-31(40)36-29)8-10-25(26)44-17-27(38)37-34-15-21-13-22(32)9-11-24(21)43-16-19-6-5-7-23(33)12-19/h5-15,27,29,37-38H,4,16-17H2,1-3H3,(H2,35,36,40)/b34-15+/t27-,29+/m1/s1. The van der Waals surface area contributed by atoms with Crippen LogP contribution in [0.15, 0.2) is 81.5 Å². The Kier molecular flexibility index (Phi) is 11.5. The van der Waals surface area contributed by atoms with Crippen molar-refractivity contribution in [1.82, 2.24) is 16.1 Å². The Hall–Kier alpha value is -4.26. The van der Waals surface area contributed by atoms with Crippen LogP contribution in [0.2, 0.25) is 5.02 Å². The quantitative estimate of drug-likeness (QED) is 0.0833. The largest absolute Gasteiger partial charge is 0.490 e. The molecule has 0 saturated heterocycles. The number of hydrogen-bond acceptors (Lipinski definition) is 9. The minimum Gasteiger partial charge on any atom is -0.490 e. The number of benzene rings is 3. The summed E-state index contributed by atoms with van der Waals surface area (Å²) < 4.78 is 23.3. The third kappa shape index (κ3) is 8.65. The first-order valence-electron chi connectivity index (χ1n) is 13.6. The van der Waals surface area contributed by atoms with Gasteiger partial charge >= 0.3 is 12.0 Å². The summed E-state index contributed by atoms with van der Waals surface area (Å²) >= 11 is 9.53. The third-order valence-electron chi connectivity index (χ3n) is 6.35. The van der Waals surface area contributed by atoms with Crippen LogP contribution in [0.25, 0.3) is 0 Å². The van der Waals surface area contributed by atoms with Crippen molar-refractivity contribution in [3.63, 3.8) is 0 Å². The molecule has 0 unspecified atom stereocenters. The van der Waals surface area contributed by atoms with Gasteiger partial charge in [-0.2, -0.15) is 5.10 Å². The molecule has 4 rings (SSSR count). The minimum absolute atomic E-state index is 0.163. The van der Waals surface area contributed by atoms with Crippen molar-refractivity contribution >= 4 is 45.7 Å². The Labute approximate surface area is 268 Å². The van der Waals surface area contributed by atoms with Crippen molar-refractivity contribution < 1.29 is 33.6 Å². The number of methoxy groups -OCH3 is 1. The monoisotopic (exact) mass is 686 g/mol. The molecule has 4 N–H and O–H groups in total. The Bertz CT molecular complexity index is 1570. The average Bonchev–Trinajstić information content (AvgIpc) is 2.99. The van der Waals surface area contributed by atoms with Crippen LogP contribution in [0, 0.1) is 0 Å². The summed E-state index contributed by atoms with van der Waals surface area (Å²) in [5.74, 6) is 0.739. The van der Waals surface area contributed by atoms with Crippen LogP contribution in [0.1, 0.15) is 36.6 Å². The number of ether oxygens (including phenoxy) is 4. The Morgan fingerprint density at radius 2 is 1.91 bits per heavy atom. The van der Waals surface area contributed by atoms with Crippen molar-refractivity contribution in [2.45, 2.75) is 32.7 Å². The first-order valence-corrected chi connectivity index (χ1v) is 14.7. The van der Waals surface area contributed by atoms with Gasteiger partial charge in [0.25, 0.3) is 0 Å². The van der Waals surface area contributed by atoms with Crippen LogP contribution in [0.5, 0.6) is 17.2 Å². The van der Waals surface area contributed by atoms with E-state index in [-0.39, 0.29) is 12.2 Å². The zero-order valence-electron chi connectivity index (χ0n) is 24.2. The highest BCUT2D eigenvalue weighted by molar-refractivity contribution is 9.10. The highest BCUT2D eigenvalue weighted by atomic mass is 79.9. The fourth-order valence-electron chi connectivity index (χ4n) is 4.35. The van der Waals surface area contributed by atoms with Gasteiger partial charge in [0.1, 0.15) is 19.0 Å². The molecular formula is C31H32BrClN4O7. The van der Waals surface area contributed by atoms with Gasteiger partial charge in [0.2, 0.25) is 0 Å².